The number of hydrogen-bond donors (Lipinski definition) is 1. The topological polar surface area (TPSA) is 92.8 Å². The van der Waals surface area contributed by atoms with Crippen LogP contribution in [0, 0.1) is 25.2 Å². The fourth-order valence-corrected chi connectivity index (χ4v) is 4.25. The number of para-hydroxylation sites is 2. The van der Waals surface area contributed by atoms with Crippen molar-refractivity contribution in [1.29, 1.82) is 5.26 Å². The van der Waals surface area contributed by atoms with Gasteiger partial charge in [0, 0.05) is 11.4 Å². The summed E-state index contributed by atoms with van der Waals surface area (Å²) in [5, 5.41) is 21.1. The van der Waals surface area contributed by atoms with E-state index in [0.29, 0.717) is 22.2 Å². The number of benzene rings is 3. The van der Waals surface area contributed by atoms with Gasteiger partial charge in [0.15, 0.2) is 11.0 Å². The second kappa shape index (κ2) is 10.7. The average molecular weight is 470 g/mol. The second-order valence-corrected chi connectivity index (χ2v) is 8.55. The lowest BCUT2D eigenvalue weighted by molar-refractivity contribution is -0.113. The van der Waals surface area contributed by atoms with Crippen LogP contribution >= 0.6 is 11.8 Å². The number of carbonyl (C=O) groups is 1. The lowest BCUT2D eigenvalue weighted by Crippen LogP contribution is -2.15. The summed E-state index contributed by atoms with van der Waals surface area (Å²) in [6.45, 7) is 4.26. The number of aromatic nitrogens is 3. The molecule has 34 heavy (non-hydrogen) atoms. The van der Waals surface area contributed by atoms with Crippen molar-refractivity contribution in [2.24, 2.45) is 0 Å². The van der Waals surface area contributed by atoms with Gasteiger partial charge in [-0.2, -0.15) is 5.26 Å². The number of hydrogen-bond acceptors (Lipinski definition) is 6. The molecule has 1 amide bonds. The highest BCUT2D eigenvalue weighted by Gasteiger charge is 2.17. The minimum absolute atomic E-state index is 0.138. The van der Waals surface area contributed by atoms with E-state index in [1.807, 2.05) is 66.9 Å². The molecule has 0 bridgehead atoms. The van der Waals surface area contributed by atoms with Gasteiger partial charge in [-0.25, -0.2) is 0 Å². The van der Waals surface area contributed by atoms with Gasteiger partial charge < -0.3 is 10.1 Å². The van der Waals surface area contributed by atoms with Crippen molar-refractivity contribution < 1.29 is 9.53 Å². The molecule has 7 nitrogen and oxygen atoms in total. The van der Waals surface area contributed by atoms with Crippen LogP contribution in [0.15, 0.2) is 78.0 Å². The molecule has 8 heteroatoms. The number of amides is 1. The van der Waals surface area contributed by atoms with E-state index < -0.39 is 0 Å². The molecule has 0 saturated carbocycles. The maximum atomic E-state index is 12.5. The zero-order chi connectivity index (χ0) is 23.9. The van der Waals surface area contributed by atoms with Gasteiger partial charge in [0.1, 0.15) is 12.4 Å². The maximum Gasteiger partial charge on any atom is 0.234 e. The standard InChI is InChI=1S/C26H23N5O2S/c1-18-8-6-9-19(2)25(18)33-16-23-29-30-26(31(23)22-12-4-3-5-13-22)34-17-24(32)28-21-11-7-10-20(14-21)15-27/h3-14H,16-17H2,1-2H3,(H,28,32). The third-order valence-corrected chi connectivity index (χ3v) is 6.01. The highest BCUT2D eigenvalue weighted by Crippen LogP contribution is 2.26. The first-order valence-electron chi connectivity index (χ1n) is 10.7. The molecular weight excluding hydrogens is 446 g/mol. The Morgan fingerprint density at radius 3 is 2.50 bits per heavy atom. The Labute approximate surface area is 202 Å². The van der Waals surface area contributed by atoms with Crippen LogP contribution in [0.2, 0.25) is 0 Å². The zero-order valence-corrected chi connectivity index (χ0v) is 19.7. The summed E-state index contributed by atoms with van der Waals surface area (Å²) in [5.41, 5.74) is 4.06. The van der Waals surface area contributed by atoms with Crippen LogP contribution in [0.3, 0.4) is 0 Å². The molecular formula is C26H23N5O2S. The van der Waals surface area contributed by atoms with E-state index in [0.717, 1.165) is 22.6 Å². The Kier molecular flexibility index (Phi) is 7.25. The van der Waals surface area contributed by atoms with Crippen LogP contribution in [0.5, 0.6) is 5.75 Å². The van der Waals surface area contributed by atoms with E-state index in [2.05, 4.69) is 21.6 Å². The van der Waals surface area contributed by atoms with Crippen LogP contribution in [0.4, 0.5) is 5.69 Å². The minimum Gasteiger partial charge on any atom is -0.485 e. The van der Waals surface area contributed by atoms with Gasteiger partial charge in [0.25, 0.3) is 0 Å². The molecule has 170 valence electrons. The number of nitrogens with zero attached hydrogens (tertiary/aromatic N) is 4. The van der Waals surface area contributed by atoms with Crippen molar-refractivity contribution in [2.45, 2.75) is 25.6 Å². The summed E-state index contributed by atoms with van der Waals surface area (Å²) in [4.78, 5) is 12.5. The SMILES string of the molecule is Cc1cccc(C)c1OCc1nnc(SCC(=O)Nc2cccc(C#N)c2)n1-c1ccccc1. The van der Waals surface area contributed by atoms with Gasteiger partial charge in [0.2, 0.25) is 5.91 Å². The Morgan fingerprint density at radius 2 is 1.76 bits per heavy atom. The highest BCUT2D eigenvalue weighted by atomic mass is 32.2. The summed E-state index contributed by atoms with van der Waals surface area (Å²) in [7, 11) is 0. The molecule has 0 spiro atoms. The first-order valence-corrected chi connectivity index (χ1v) is 11.7. The van der Waals surface area contributed by atoms with Gasteiger partial charge in [-0.15, -0.1) is 10.2 Å². The summed E-state index contributed by atoms with van der Waals surface area (Å²) < 4.78 is 8.02. The van der Waals surface area contributed by atoms with E-state index >= 15 is 0 Å². The molecule has 1 N–H and O–H groups in total. The number of nitrogens with one attached hydrogen (secondary N) is 1. The van der Waals surface area contributed by atoms with Crippen LogP contribution in [-0.4, -0.2) is 26.4 Å². The Hall–Kier alpha value is -4.09. The molecule has 1 aromatic heterocycles. The molecule has 0 atom stereocenters. The fourth-order valence-electron chi connectivity index (χ4n) is 3.48. The molecule has 0 saturated heterocycles. The highest BCUT2D eigenvalue weighted by molar-refractivity contribution is 7.99. The number of nitriles is 1. The van der Waals surface area contributed by atoms with E-state index in [1.54, 1.807) is 24.3 Å². The molecule has 0 unspecified atom stereocenters. The first kappa shape index (κ1) is 23.1. The van der Waals surface area contributed by atoms with Crippen LogP contribution < -0.4 is 10.1 Å². The molecule has 4 aromatic rings. The van der Waals surface area contributed by atoms with Gasteiger partial charge in [-0.1, -0.05) is 54.2 Å². The Balaban J connectivity index is 1.51. The van der Waals surface area contributed by atoms with Crippen LogP contribution in [0.25, 0.3) is 5.69 Å². The molecule has 1 heterocycles. The lowest BCUT2D eigenvalue weighted by atomic mass is 10.1. The number of rotatable bonds is 8. The first-order chi connectivity index (χ1) is 16.5. The molecule has 0 fully saturated rings. The van der Waals surface area contributed by atoms with Crippen molar-refractivity contribution in [1.82, 2.24) is 14.8 Å². The number of aryl methyl sites for hydroxylation is 2. The summed E-state index contributed by atoms with van der Waals surface area (Å²) in [5.74, 6) is 1.41. The van der Waals surface area contributed by atoms with Gasteiger partial charge in [-0.05, 0) is 55.3 Å². The summed E-state index contributed by atoms with van der Waals surface area (Å²) in [6, 6.07) is 24.6. The minimum atomic E-state index is -0.198. The van der Waals surface area contributed by atoms with Crippen LogP contribution in [-0.2, 0) is 11.4 Å². The van der Waals surface area contributed by atoms with Crippen LogP contribution in [0.1, 0.15) is 22.5 Å². The monoisotopic (exact) mass is 469 g/mol. The van der Waals surface area contributed by atoms with E-state index in [1.165, 1.54) is 11.8 Å². The maximum absolute atomic E-state index is 12.5. The summed E-state index contributed by atoms with van der Waals surface area (Å²) in [6.07, 6.45) is 0. The van der Waals surface area contributed by atoms with Gasteiger partial charge in [-0.3, -0.25) is 9.36 Å². The molecule has 0 aliphatic rings. The molecule has 0 aliphatic heterocycles. The smallest absolute Gasteiger partial charge is 0.234 e. The van der Waals surface area contributed by atoms with Crippen molar-refractivity contribution >= 4 is 23.4 Å². The Morgan fingerprint density at radius 1 is 1.03 bits per heavy atom. The molecule has 4 rings (SSSR count). The van der Waals surface area contributed by atoms with Crippen molar-refractivity contribution in [3.8, 4) is 17.5 Å². The largest absolute Gasteiger partial charge is 0.485 e. The normalized spacial score (nSPS) is 10.5. The van der Waals surface area contributed by atoms with E-state index in [-0.39, 0.29) is 18.3 Å². The van der Waals surface area contributed by atoms with Crippen molar-refractivity contribution in [2.75, 3.05) is 11.1 Å². The molecule has 0 radical (unpaired) electrons. The Bertz CT molecular complexity index is 1320. The molecule has 3 aromatic carbocycles. The fraction of sp³-hybridized carbons (Fsp3) is 0.154. The summed E-state index contributed by atoms with van der Waals surface area (Å²) >= 11 is 1.28. The third kappa shape index (κ3) is 5.45. The number of thioether (sulfide) groups is 1. The van der Waals surface area contributed by atoms with Crippen molar-refractivity contribution in [3.05, 3.63) is 95.3 Å². The van der Waals surface area contributed by atoms with E-state index in [4.69, 9.17) is 10.00 Å². The van der Waals surface area contributed by atoms with Crippen molar-refractivity contribution in [3.63, 3.8) is 0 Å². The van der Waals surface area contributed by atoms with Gasteiger partial charge in [0.05, 0.1) is 17.4 Å². The lowest BCUT2D eigenvalue weighted by Gasteiger charge is -2.13. The zero-order valence-electron chi connectivity index (χ0n) is 18.9. The number of ether oxygens (including phenoxy) is 1. The predicted molar refractivity (Wildman–Crippen MR) is 132 cm³/mol. The average Bonchev–Trinajstić information content (AvgIpc) is 3.26. The van der Waals surface area contributed by atoms with Gasteiger partial charge >= 0.3 is 0 Å². The third-order valence-electron chi connectivity index (χ3n) is 5.08. The molecule has 0 aliphatic carbocycles. The predicted octanol–water partition coefficient (Wildman–Crippen LogP) is 5.07. The number of carbonyl (C=O) groups excluding carboxylic acids is 1. The van der Waals surface area contributed by atoms with E-state index in [9.17, 15) is 4.79 Å². The number of anilines is 1. The quantitative estimate of drug-likeness (QED) is 0.362. The second-order valence-electron chi connectivity index (χ2n) is 7.61.